The van der Waals surface area contributed by atoms with Gasteiger partial charge in [0.05, 0.1) is 10.9 Å². The van der Waals surface area contributed by atoms with E-state index in [4.69, 9.17) is 11.6 Å². The molecule has 1 N–H and O–H groups in total. The van der Waals surface area contributed by atoms with Crippen LogP contribution in [0.2, 0.25) is 5.02 Å². The average Bonchev–Trinajstić information content (AvgIpc) is 3.13. The average molecular weight is 428 g/mol. The van der Waals surface area contributed by atoms with E-state index >= 15 is 0 Å². The lowest BCUT2D eigenvalue weighted by atomic mass is 10.0. The van der Waals surface area contributed by atoms with E-state index in [-0.39, 0.29) is 23.3 Å². The van der Waals surface area contributed by atoms with Crippen LogP contribution in [0.3, 0.4) is 0 Å². The maximum atomic E-state index is 14.0. The normalized spacial score (nSPS) is 17.3. The Balaban J connectivity index is 1.93. The Morgan fingerprint density at radius 3 is 2.29 bits per heavy atom. The predicted molar refractivity (Wildman–Crippen MR) is 103 cm³/mol. The first-order chi connectivity index (χ1) is 13.2. The van der Waals surface area contributed by atoms with E-state index in [1.807, 2.05) is 0 Å². The SMILES string of the molecule is C[C@H](NC(=O)C1(S(=O)(=O)c2ccc(Cl)cc2)CCCC1)c1ccc(F)cc1F. The fraction of sp³-hybridized carbons (Fsp3) is 0.350. The summed E-state index contributed by atoms with van der Waals surface area (Å²) in [4.78, 5) is 13.1. The summed E-state index contributed by atoms with van der Waals surface area (Å²) in [5.74, 6) is -2.19. The molecule has 1 aliphatic rings. The highest BCUT2D eigenvalue weighted by Gasteiger charge is 2.53. The molecule has 0 unspecified atom stereocenters. The van der Waals surface area contributed by atoms with Gasteiger partial charge in [0.1, 0.15) is 11.6 Å². The van der Waals surface area contributed by atoms with Crippen molar-refractivity contribution in [1.29, 1.82) is 0 Å². The first kappa shape index (κ1) is 20.7. The zero-order valence-corrected chi connectivity index (χ0v) is 16.8. The van der Waals surface area contributed by atoms with Crippen molar-refractivity contribution >= 4 is 27.3 Å². The molecule has 0 radical (unpaired) electrons. The molecule has 2 aromatic rings. The fourth-order valence-electron chi connectivity index (χ4n) is 3.66. The van der Waals surface area contributed by atoms with Gasteiger partial charge in [0, 0.05) is 16.7 Å². The number of hydrogen-bond donors (Lipinski definition) is 1. The maximum absolute atomic E-state index is 14.0. The summed E-state index contributed by atoms with van der Waals surface area (Å²) in [6, 6.07) is 7.94. The first-order valence-electron chi connectivity index (χ1n) is 8.93. The molecule has 150 valence electrons. The summed E-state index contributed by atoms with van der Waals surface area (Å²) in [5, 5.41) is 3.01. The van der Waals surface area contributed by atoms with E-state index in [0.29, 0.717) is 17.9 Å². The van der Waals surface area contributed by atoms with Gasteiger partial charge in [-0.05, 0) is 50.1 Å². The zero-order valence-electron chi connectivity index (χ0n) is 15.2. The number of amides is 1. The Morgan fingerprint density at radius 1 is 1.11 bits per heavy atom. The molecule has 0 bridgehead atoms. The van der Waals surface area contributed by atoms with E-state index in [9.17, 15) is 22.0 Å². The van der Waals surface area contributed by atoms with Gasteiger partial charge in [0.25, 0.3) is 0 Å². The Bertz CT molecular complexity index is 987. The molecule has 1 amide bonds. The van der Waals surface area contributed by atoms with Gasteiger partial charge in [-0.3, -0.25) is 4.79 Å². The largest absolute Gasteiger partial charge is 0.348 e. The molecule has 1 aliphatic carbocycles. The quantitative estimate of drug-likeness (QED) is 0.759. The standard InChI is InChI=1S/C20H20ClF2NO3S/c1-13(17-9-6-15(22)12-18(17)23)24-19(25)20(10-2-3-11-20)28(26,27)16-7-4-14(21)5-8-16/h4-9,12-13H,2-3,10-11H2,1H3,(H,24,25)/t13-/m0/s1. The van der Waals surface area contributed by atoms with Crippen molar-refractivity contribution in [2.45, 2.75) is 48.3 Å². The fourth-order valence-corrected chi connectivity index (χ4v) is 5.86. The molecule has 2 aromatic carbocycles. The Labute approximate surface area is 167 Å². The second-order valence-corrected chi connectivity index (χ2v) is 9.72. The van der Waals surface area contributed by atoms with Crippen LogP contribution in [0.4, 0.5) is 8.78 Å². The lowest BCUT2D eigenvalue weighted by Crippen LogP contribution is -2.51. The van der Waals surface area contributed by atoms with Crippen LogP contribution in [0.15, 0.2) is 47.4 Å². The van der Waals surface area contributed by atoms with Crippen molar-refractivity contribution in [3.8, 4) is 0 Å². The second-order valence-electron chi connectivity index (χ2n) is 7.02. The predicted octanol–water partition coefficient (Wildman–Crippen LogP) is 4.58. The topological polar surface area (TPSA) is 63.2 Å². The Kier molecular flexibility index (Phi) is 5.77. The van der Waals surface area contributed by atoms with Crippen molar-refractivity contribution in [3.05, 3.63) is 64.7 Å². The minimum atomic E-state index is -3.99. The Hall–Kier alpha value is -1.99. The van der Waals surface area contributed by atoms with Gasteiger partial charge in [0.15, 0.2) is 14.6 Å². The molecule has 0 spiro atoms. The lowest BCUT2D eigenvalue weighted by Gasteiger charge is -2.29. The van der Waals surface area contributed by atoms with Gasteiger partial charge in [-0.2, -0.15) is 0 Å². The van der Waals surface area contributed by atoms with Crippen LogP contribution in [0.25, 0.3) is 0 Å². The summed E-state index contributed by atoms with van der Waals surface area (Å²) >= 11 is 5.84. The highest BCUT2D eigenvalue weighted by molar-refractivity contribution is 7.93. The van der Waals surface area contributed by atoms with Gasteiger partial charge < -0.3 is 5.32 Å². The maximum Gasteiger partial charge on any atom is 0.242 e. The number of benzene rings is 2. The lowest BCUT2D eigenvalue weighted by molar-refractivity contribution is -0.124. The molecule has 4 nitrogen and oxygen atoms in total. The molecule has 3 rings (SSSR count). The van der Waals surface area contributed by atoms with Gasteiger partial charge >= 0.3 is 0 Å². The van der Waals surface area contributed by atoms with E-state index in [1.165, 1.54) is 37.3 Å². The number of hydrogen-bond acceptors (Lipinski definition) is 3. The third-order valence-corrected chi connectivity index (χ3v) is 8.01. The molecule has 8 heteroatoms. The third kappa shape index (κ3) is 3.65. The number of halogens is 3. The summed E-state index contributed by atoms with van der Waals surface area (Å²) < 4.78 is 52.2. The van der Waals surface area contributed by atoms with E-state index in [1.54, 1.807) is 0 Å². The smallest absolute Gasteiger partial charge is 0.242 e. The molecule has 1 atom stereocenters. The highest BCUT2D eigenvalue weighted by atomic mass is 35.5. The molecular weight excluding hydrogens is 408 g/mol. The van der Waals surface area contributed by atoms with Crippen LogP contribution >= 0.6 is 11.6 Å². The van der Waals surface area contributed by atoms with Crippen LogP contribution in [0.1, 0.15) is 44.2 Å². The van der Waals surface area contributed by atoms with E-state index < -0.39 is 38.2 Å². The third-order valence-electron chi connectivity index (χ3n) is 5.24. The van der Waals surface area contributed by atoms with Crippen molar-refractivity contribution in [2.24, 2.45) is 0 Å². The molecule has 1 fully saturated rings. The summed E-state index contributed by atoms with van der Waals surface area (Å²) in [6.45, 7) is 1.53. The second kappa shape index (κ2) is 7.79. The van der Waals surface area contributed by atoms with Crippen LogP contribution in [-0.4, -0.2) is 19.1 Å². The minimum Gasteiger partial charge on any atom is -0.348 e. The first-order valence-corrected chi connectivity index (χ1v) is 10.8. The van der Waals surface area contributed by atoms with Crippen LogP contribution in [0.5, 0.6) is 0 Å². The molecular formula is C20H20ClF2NO3S. The Morgan fingerprint density at radius 2 is 1.71 bits per heavy atom. The number of nitrogens with one attached hydrogen (secondary N) is 1. The number of carbonyl (C=O) groups is 1. The zero-order chi connectivity index (χ0) is 20.5. The molecule has 28 heavy (non-hydrogen) atoms. The van der Waals surface area contributed by atoms with Crippen molar-refractivity contribution in [3.63, 3.8) is 0 Å². The van der Waals surface area contributed by atoms with Crippen LogP contribution in [0, 0.1) is 11.6 Å². The van der Waals surface area contributed by atoms with Gasteiger partial charge in [-0.25, -0.2) is 17.2 Å². The number of sulfone groups is 1. The van der Waals surface area contributed by atoms with Crippen LogP contribution in [-0.2, 0) is 14.6 Å². The molecule has 0 aromatic heterocycles. The molecule has 1 saturated carbocycles. The van der Waals surface area contributed by atoms with Gasteiger partial charge in [-0.15, -0.1) is 0 Å². The monoisotopic (exact) mass is 427 g/mol. The number of rotatable bonds is 5. The van der Waals surface area contributed by atoms with Gasteiger partial charge in [0.2, 0.25) is 5.91 Å². The highest BCUT2D eigenvalue weighted by Crippen LogP contribution is 2.41. The van der Waals surface area contributed by atoms with Crippen LogP contribution < -0.4 is 5.32 Å². The van der Waals surface area contributed by atoms with Crippen molar-refractivity contribution in [1.82, 2.24) is 5.32 Å². The van der Waals surface area contributed by atoms with E-state index in [0.717, 1.165) is 12.1 Å². The summed E-state index contributed by atoms with van der Waals surface area (Å²) in [6.07, 6.45) is 1.56. The summed E-state index contributed by atoms with van der Waals surface area (Å²) in [7, 11) is -3.99. The van der Waals surface area contributed by atoms with Crippen molar-refractivity contribution in [2.75, 3.05) is 0 Å². The molecule has 0 heterocycles. The van der Waals surface area contributed by atoms with Gasteiger partial charge in [-0.1, -0.05) is 30.5 Å². The minimum absolute atomic E-state index is 0.0227. The van der Waals surface area contributed by atoms with E-state index in [2.05, 4.69) is 5.32 Å². The van der Waals surface area contributed by atoms with Crippen molar-refractivity contribution < 1.29 is 22.0 Å². The number of carbonyl (C=O) groups excluding carboxylic acids is 1. The molecule has 0 saturated heterocycles. The molecule has 0 aliphatic heterocycles. The summed E-state index contributed by atoms with van der Waals surface area (Å²) in [5.41, 5.74) is 0.0896.